The summed E-state index contributed by atoms with van der Waals surface area (Å²) < 4.78 is 87.2. The molecule has 0 spiro atoms. The van der Waals surface area contributed by atoms with Crippen LogP contribution in [0.3, 0.4) is 0 Å². The summed E-state index contributed by atoms with van der Waals surface area (Å²) in [7, 11) is -6.30. The number of esters is 2. The number of rotatable bonds is 8. The number of anilines is 1. The van der Waals surface area contributed by atoms with Gasteiger partial charge >= 0.3 is 27.6 Å². The van der Waals surface area contributed by atoms with Gasteiger partial charge < -0.3 is 19.9 Å². The maximum absolute atomic E-state index is 13.5. The Balaban J connectivity index is 1.57. The molecule has 2 aromatic heterocycles. The topological polar surface area (TPSA) is 175 Å². The van der Waals surface area contributed by atoms with Crippen molar-refractivity contribution in [2.75, 3.05) is 12.3 Å². The second-order valence-electron chi connectivity index (χ2n) is 8.93. The highest BCUT2D eigenvalue weighted by Gasteiger charge is 2.57. The van der Waals surface area contributed by atoms with Gasteiger partial charge in [-0.25, -0.2) is 14.6 Å². The van der Waals surface area contributed by atoms with Gasteiger partial charge in [0.15, 0.2) is 29.9 Å². The Hall–Kier alpha value is -4.32. The monoisotopic (exact) mass is 641 g/mol. The number of ether oxygens (including phenoxy) is 3. The lowest BCUT2D eigenvalue weighted by atomic mass is 10.1. The molecule has 0 bridgehead atoms. The number of halogens is 4. The molecule has 18 heteroatoms. The number of alkyl halides is 3. The molecule has 2 unspecified atom stereocenters. The molecule has 4 atom stereocenters. The molecule has 2 N–H and O–H groups in total. The van der Waals surface area contributed by atoms with Crippen molar-refractivity contribution in [2.24, 2.45) is 0 Å². The van der Waals surface area contributed by atoms with Gasteiger partial charge in [-0.15, -0.1) is 0 Å². The first kappa shape index (κ1) is 30.1. The van der Waals surface area contributed by atoms with Gasteiger partial charge in [0.1, 0.15) is 18.2 Å². The van der Waals surface area contributed by atoms with Crippen molar-refractivity contribution in [1.29, 1.82) is 0 Å². The Labute approximate surface area is 245 Å². The third kappa shape index (κ3) is 6.24. The molecule has 1 fully saturated rings. The summed E-state index contributed by atoms with van der Waals surface area (Å²) in [6.07, 6.45) is -6.42. The quantitative estimate of drug-likeness (QED) is 0.129. The highest BCUT2D eigenvalue weighted by atomic mass is 35.5. The lowest BCUT2D eigenvalue weighted by Crippen LogP contribution is -2.43. The minimum absolute atomic E-state index is 0.0243. The smallest absolute Gasteiger partial charge is 0.459 e. The van der Waals surface area contributed by atoms with Crippen molar-refractivity contribution in [3.8, 4) is 0 Å². The average molecular weight is 642 g/mol. The SMILES string of the molecule is Nc1nc(Cl)nc2c1ncn2[C@@H]1O[C@H](COC(=O)c2ccccc2)C(OC(=O)c2ccccc2)C1OS(=O)(=O)C(F)(F)F. The lowest BCUT2D eigenvalue weighted by molar-refractivity contribution is -0.0705. The van der Waals surface area contributed by atoms with Crippen LogP contribution in [0.5, 0.6) is 0 Å². The molecule has 0 amide bonds. The molecule has 0 aliphatic carbocycles. The van der Waals surface area contributed by atoms with Crippen molar-refractivity contribution in [3.63, 3.8) is 0 Å². The normalized spacial score (nSPS) is 20.7. The van der Waals surface area contributed by atoms with E-state index in [-0.39, 0.29) is 33.4 Å². The Kier molecular flexibility index (Phi) is 8.24. The molecular formula is C25H19ClF3N5O8S. The van der Waals surface area contributed by atoms with Crippen molar-refractivity contribution < 1.29 is 49.6 Å². The zero-order valence-corrected chi connectivity index (χ0v) is 23.0. The number of nitrogens with zero attached hydrogens (tertiary/aromatic N) is 4. The molecule has 1 aliphatic rings. The number of nitrogen functional groups attached to an aromatic ring is 1. The van der Waals surface area contributed by atoms with Crippen LogP contribution in [0.4, 0.5) is 19.0 Å². The fraction of sp³-hybridized carbons (Fsp3) is 0.240. The van der Waals surface area contributed by atoms with Crippen molar-refractivity contribution in [1.82, 2.24) is 19.5 Å². The number of hydrogen-bond donors (Lipinski definition) is 1. The molecule has 43 heavy (non-hydrogen) atoms. The van der Waals surface area contributed by atoms with E-state index in [9.17, 15) is 31.2 Å². The molecule has 1 aliphatic heterocycles. The molecule has 4 aromatic rings. The minimum atomic E-state index is -6.30. The zero-order valence-electron chi connectivity index (χ0n) is 21.4. The van der Waals surface area contributed by atoms with E-state index in [1.807, 2.05) is 0 Å². The van der Waals surface area contributed by atoms with E-state index in [4.69, 9.17) is 31.5 Å². The van der Waals surface area contributed by atoms with E-state index < -0.39 is 58.7 Å². The van der Waals surface area contributed by atoms with Crippen LogP contribution in [0.2, 0.25) is 5.28 Å². The predicted octanol–water partition coefficient (Wildman–Crippen LogP) is 3.28. The molecule has 226 valence electrons. The second-order valence-corrected chi connectivity index (χ2v) is 10.8. The molecule has 3 heterocycles. The summed E-state index contributed by atoms with van der Waals surface area (Å²) in [5.41, 5.74) is -0.155. The maximum atomic E-state index is 13.5. The first-order chi connectivity index (χ1) is 20.4. The summed E-state index contributed by atoms with van der Waals surface area (Å²) >= 11 is 5.91. The van der Waals surface area contributed by atoms with E-state index in [1.54, 1.807) is 24.3 Å². The van der Waals surface area contributed by atoms with E-state index in [0.29, 0.717) is 0 Å². The Morgan fingerprint density at radius 1 is 0.977 bits per heavy atom. The summed E-state index contributed by atoms with van der Waals surface area (Å²) in [6.45, 7) is -0.701. The Bertz CT molecular complexity index is 1760. The molecular weight excluding hydrogens is 623 g/mol. The van der Waals surface area contributed by atoms with Crippen molar-refractivity contribution >= 4 is 50.6 Å². The Morgan fingerprint density at radius 3 is 2.19 bits per heavy atom. The van der Waals surface area contributed by atoms with Crippen LogP contribution in [-0.4, -0.2) is 70.3 Å². The van der Waals surface area contributed by atoms with Crippen LogP contribution in [0.1, 0.15) is 26.9 Å². The average Bonchev–Trinajstić information content (AvgIpc) is 3.53. The molecule has 5 rings (SSSR count). The number of aromatic nitrogens is 4. The molecule has 1 saturated heterocycles. The van der Waals surface area contributed by atoms with Crippen molar-refractivity contribution in [3.05, 3.63) is 83.4 Å². The lowest BCUT2D eigenvalue weighted by Gasteiger charge is -2.25. The van der Waals surface area contributed by atoms with Crippen LogP contribution in [0.15, 0.2) is 67.0 Å². The van der Waals surface area contributed by atoms with E-state index in [1.165, 1.54) is 36.4 Å². The van der Waals surface area contributed by atoms with Crippen LogP contribution >= 0.6 is 11.6 Å². The number of nitrogens with two attached hydrogens (primary N) is 1. The number of hydrogen-bond acceptors (Lipinski definition) is 12. The summed E-state index contributed by atoms with van der Waals surface area (Å²) in [5.74, 6) is -2.11. The predicted molar refractivity (Wildman–Crippen MR) is 141 cm³/mol. The number of benzene rings is 2. The minimum Gasteiger partial charge on any atom is -0.459 e. The van der Waals surface area contributed by atoms with Crippen LogP contribution in [-0.2, 0) is 28.5 Å². The third-order valence-electron chi connectivity index (χ3n) is 6.14. The van der Waals surface area contributed by atoms with Gasteiger partial charge in [-0.1, -0.05) is 36.4 Å². The van der Waals surface area contributed by atoms with Gasteiger partial charge in [-0.2, -0.15) is 31.6 Å². The van der Waals surface area contributed by atoms with E-state index >= 15 is 0 Å². The van der Waals surface area contributed by atoms with Crippen molar-refractivity contribution in [2.45, 2.75) is 30.0 Å². The first-order valence-corrected chi connectivity index (χ1v) is 13.9. The maximum Gasteiger partial charge on any atom is 0.523 e. The standard InChI is InChI=1S/C25H19ClF3N5O8S/c26-24-32-19(30)16-20(33-24)34(12-31-16)21-18(42-43(37,38)25(27,28)29)17(41-23(36)14-9-5-2-6-10-14)15(40-21)11-39-22(35)13-7-3-1-4-8-13/h1-10,12,15,17-18,21H,11H2,(H2,30,32,33)/t15-,17?,18?,21-/m1/s1. The fourth-order valence-corrected chi connectivity index (χ4v) is 4.97. The van der Waals surface area contributed by atoms with Gasteiger partial charge in [0.2, 0.25) is 5.28 Å². The van der Waals surface area contributed by atoms with Crippen LogP contribution < -0.4 is 5.73 Å². The molecule has 0 saturated carbocycles. The Morgan fingerprint density at radius 2 is 1.58 bits per heavy atom. The number of imidazole rings is 1. The number of fused-ring (bicyclic) bond motifs is 1. The van der Waals surface area contributed by atoms with E-state index in [2.05, 4.69) is 19.1 Å². The second kappa shape index (κ2) is 11.8. The molecule has 0 radical (unpaired) electrons. The van der Waals surface area contributed by atoms with Gasteiger partial charge in [0.05, 0.1) is 17.5 Å². The zero-order chi connectivity index (χ0) is 30.9. The van der Waals surface area contributed by atoms with Gasteiger partial charge in [-0.3, -0.25) is 8.75 Å². The largest absolute Gasteiger partial charge is 0.523 e. The van der Waals surface area contributed by atoms with Crippen LogP contribution in [0.25, 0.3) is 11.2 Å². The first-order valence-electron chi connectivity index (χ1n) is 12.1. The highest BCUT2D eigenvalue weighted by Crippen LogP contribution is 2.39. The van der Waals surface area contributed by atoms with Gasteiger partial charge in [-0.05, 0) is 35.9 Å². The van der Waals surface area contributed by atoms with Crippen LogP contribution in [0, 0.1) is 0 Å². The summed E-state index contributed by atoms with van der Waals surface area (Å²) in [4.78, 5) is 37.4. The summed E-state index contributed by atoms with van der Waals surface area (Å²) in [6, 6.07) is 15.0. The van der Waals surface area contributed by atoms with E-state index in [0.717, 1.165) is 10.9 Å². The summed E-state index contributed by atoms with van der Waals surface area (Å²) in [5, 5.41) is -0.370. The third-order valence-corrected chi connectivity index (χ3v) is 7.35. The number of carbonyl (C=O) groups is 2. The fourth-order valence-electron chi connectivity index (χ4n) is 4.19. The molecule has 2 aromatic carbocycles. The highest BCUT2D eigenvalue weighted by molar-refractivity contribution is 7.87. The van der Waals surface area contributed by atoms with Gasteiger partial charge in [0, 0.05) is 0 Å². The van der Waals surface area contributed by atoms with Gasteiger partial charge in [0.25, 0.3) is 0 Å². The molecule has 13 nitrogen and oxygen atoms in total. The number of carbonyl (C=O) groups excluding carboxylic acids is 2.